The number of benzene rings is 6. The lowest BCUT2D eigenvalue weighted by Crippen LogP contribution is -2.20. The zero-order valence-electron chi connectivity index (χ0n) is 32.3. The Morgan fingerprint density at radius 2 is 0.806 bits per heavy atom. The molecule has 0 unspecified atom stereocenters. The molecular weight excluding hydrogens is 897 g/mol. The molecule has 6 rings (SSSR count). The van der Waals surface area contributed by atoms with Gasteiger partial charge in [0.1, 0.15) is 11.5 Å². The molecule has 0 aliphatic heterocycles. The topological polar surface area (TPSA) is 327 Å². The maximum absolute atomic E-state index is 13.3. The molecule has 0 fully saturated rings. The Kier molecular flexibility index (Phi) is 12.2. The summed E-state index contributed by atoms with van der Waals surface area (Å²) in [5.74, 6) is 0.191. The average Bonchev–Trinajstić information content (AvgIpc) is 3.18. The average molecular weight is 929 g/mol. The Balaban J connectivity index is 1.27. The van der Waals surface area contributed by atoms with Crippen molar-refractivity contribution in [3.63, 3.8) is 0 Å². The first-order chi connectivity index (χ1) is 28.8. The molecule has 25 heteroatoms. The Labute approximate surface area is 353 Å². The maximum Gasteiger partial charge on any atom is 0.323 e. The van der Waals surface area contributed by atoms with Crippen LogP contribution in [-0.4, -0.2) is 72.1 Å². The zero-order chi connectivity index (χ0) is 45.5. The van der Waals surface area contributed by atoms with Crippen LogP contribution >= 0.6 is 0 Å². The van der Waals surface area contributed by atoms with Crippen molar-refractivity contribution in [3.05, 3.63) is 96.1 Å². The summed E-state index contributed by atoms with van der Waals surface area (Å²) in [5.41, 5.74) is 1.16. The van der Waals surface area contributed by atoms with Gasteiger partial charge < -0.3 is 20.1 Å². The molecule has 0 atom stereocenters. The minimum Gasteiger partial charge on any atom is -0.494 e. The summed E-state index contributed by atoms with van der Waals surface area (Å²) in [6.45, 7) is 3.21. The predicted molar refractivity (Wildman–Crippen MR) is 224 cm³/mol. The molecule has 0 saturated heterocycles. The molecular formula is C37H32N6O15S4. The van der Waals surface area contributed by atoms with Gasteiger partial charge in [0.05, 0.1) is 67.9 Å². The van der Waals surface area contributed by atoms with E-state index < -0.39 is 66.1 Å². The summed E-state index contributed by atoms with van der Waals surface area (Å²) in [5, 5.41) is 22.4. The summed E-state index contributed by atoms with van der Waals surface area (Å²) < 4.78 is 145. The third-order valence-corrected chi connectivity index (χ3v) is 12.4. The number of rotatable bonds is 12. The first kappa shape index (κ1) is 45.1. The van der Waals surface area contributed by atoms with E-state index in [1.165, 1.54) is 50.6 Å². The van der Waals surface area contributed by atoms with Gasteiger partial charge >= 0.3 is 6.03 Å². The molecule has 0 bridgehead atoms. The summed E-state index contributed by atoms with van der Waals surface area (Å²) in [6, 6.07) is 15.7. The van der Waals surface area contributed by atoms with E-state index in [4.69, 9.17) is 9.47 Å². The number of carbonyl (C=O) groups excluding carboxylic acids is 1. The van der Waals surface area contributed by atoms with Crippen LogP contribution in [-0.2, 0) is 40.5 Å². The Bertz CT molecular complexity index is 3160. The first-order valence-electron chi connectivity index (χ1n) is 17.2. The molecule has 0 saturated carbocycles. The highest BCUT2D eigenvalue weighted by Crippen LogP contribution is 2.39. The lowest BCUT2D eigenvalue weighted by atomic mass is 10.1. The molecule has 6 aromatic carbocycles. The number of fused-ring (bicyclic) bond motifs is 2. The molecule has 62 heavy (non-hydrogen) atoms. The number of nitrogens with one attached hydrogen (secondary N) is 2. The van der Waals surface area contributed by atoms with Crippen molar-refractivity contribution < 1.29 is 66.2 Å². The van der Waals surface area contributed by atoms with Crippen molar-refractivity contribution >= 4 is 102 Å². The third-order valence-electron chi connectivity index (χ3n) is 9.01. The molecule has 21 nitrogen and oxygen atoms in total. The maximum atomic E-state index is 13.3. The largest absolute Gasteiger partial charge is 0.494 e. The Morgan fingerprint density at radius 1 is 0.468 bits per heavy atom. The van der Waals surface area contributed by atoms with E-state index in [-0.39, 0.29) is 67.2 Å². The third kappa shape index (κ3) is 10.0. The fourth-order valence-corrected chi connectivity index (χ4v) is 8.05. The number of methoxy groups -OCH3 is 2. The highest BCUT2D eigenvalue weighted by atomic mass is 32.2. The Morgan fingerprint density at radius 3 is 1.13 bits per heavy atom. The monoisotopic (exact) mass is 928 g/mol. The minimum absolute atomic E-state index is 0.0774. The van der Waals surface area contributed by atoms with Crippen LogP contribution in [0.4, 0.5) is 38.9 Å². The van der Waals surface area contributed by atoms with Gasteiger partial charge in [0, 0.05) is 22.9 Å². The van der Waals surface area contributed by atoms with E-state index >= 15 is 0 Å². The molecule has 0 spiro atoms. The lowest BCUT2D eigenvalue weighted by molar-refractivity contribution is 0.262. The molecule has 0 radical (unpaired) electrons. The molecule has 2 amide bonds. The van der Waals surface area contributed by atoms with Crippen LogP contribution in [0.1, 0.15) is 11.1 Å². The van der Waals surface area contributed by atoms with Crippen molar-refractivity contribution in [2.24, 2.45) is 20.5 Å². The SMILES string of the molecule is COc1cc(N=Nc2cc(S(=O)(=O)O)cc3ccc(S(=O)(=O)O)cc23)c(C)cc1NC(=O)Nc1cc(C)c(N=Nc2cc(S(=O)(=O)O)cc3ccc(S(=O)(=O)O)cc23)cc1OC. The zero-order valence-corrected chi connectivity index (χ0v) is 35.6. The number of amides is 2. The van der Waals surface area contributed by atoms with Crippen LogP contribution in [0.15, 0.2) is 125 Å². The van der Waals surface area contributed by atoms with E-state index in [0.717, 1.165) is 48.5 Å². The van der Waals surface area contributed by atoms with E-state index in [9.17, 15) is 56.7 Å². The van der Waals surface area contributed by atoms with Gasteiger partial charge in [-0.15, -0.1) is 10.2 Å². The number of anilines is 2. The van der Waals surface area contributed by atoms with Crippen LogP contribution in [0.3, 0.4) is 0 Å². The van der Waals surface area contributed by atoms with E-state index in [1.54, 1.807) is 13.8 Å². The van der Waals surface area contributed by atoms with Crippen molar-refractivity contribution in [2.45, 2.75) is 33.4 Å². The van der Waals surface area contributed by atoms with Gasteiger partial charge in [0.15, 0.2) is 0 Å². The highest BCUT2D eigenvalue weighted by molar-refractivity contribution is 7.86. The van der Waals surface area contributed by atoms with Crippen molar-refractivity contribution in [2.75, 3.05) is 24.9 Å². The molecule has 0 aliphatic rings. The predicted octanol–water partition coefficient (Wildman–Crippen LogP) is 8.09. The number of hydrogen-bond donors (Lipinski definition) is 6. The Hall–Kier alpha value is -6.45. The number of carbonyl (C=O) groups is 1. The second-order valence-corrected chi connectivity index (χ2v) is 18.9. The lowest BCUT2D eigenvalue weighted by Gasteiger charge is -2.15. The number of nitrogens with zero attached hydrogens (tertiary/aromatic N) is 4. The van der Waals surface area contributed by atoms with Gasteiger partial charge in [-0.05, 0) is 96.4 Å². The normalized spacial score (nSPS) is 12.6. The summed E-state index contributed by atoms with van der Waals surface area (Å²) in [4.78, 5) is 11.2. The number of aryl methyl sites for hydroxylation is 2. The number of urea groups is 1. The van der Waals surface area contributed by atoms with Crippen LogP contribution in [0.5, 0.6) is 11.5 Å². The fourth-order valence-electron chi connectivity index (χ4n) is 5.96. The molecule has 6 N–H and O–H groups in total. The van der Waals surface area contributed by atoms with E-state index in [2.05, 4.69) is 31.1 Å². The molecule has 324 valence electrons. The standard InChI is InChI=1S/C37H32N6O15S4/c1-19-9-33(35(57-3)17-29(19)40-42-31-15-25(61(51,52)53)11-21-5-7-23(13-27(21)31)59(45,46)47)38-37(44)39-34-10-20(2)30(18-36(34)58-4)41-43-32-16-26(62(54,55)56)12-22-6-8-24(14-28(22)32)60(48,49)50/h5-18H,1-4H3,(H2,38,39,44)(H,45,46,47)(H,48,49,50)(H,51,52,53)(H,54,55,56). The molecule has 0 aliphatic carbocycles. The van der Waals surface area contributed by atoms with Gasteiger partial charge in [0.25, 0.3) is 40.5 Å². The van der Waals surface area contributed by atoms with Crippen LogP contribution in [0.25, 0.3) is 21.5 Å². The fraction of sp³-hybridized carbons (Fsp3) is 0.108. The quantitative estimate of drug-likeness (QED) is 0.0499. The van der Waals surface area contributed by atoms with Gasteiger partial charge in [-0.25, -0.2) is 4.79 Å². The smallest absolute Gasteiger partial charge is 0.323 e. The highest BCUT2D eigenvalue weighted by Gasteiger charge is 2.20. The number of azo groups is 2. The summed E-state index contributed by atoms with van der Waals surface area (Å²) in [7, 11) is -16.2. The molecule has 0 heterocycles. The van der Waals surface area contributed by atoms with Crippen LogP contribution in [0.2, 0.25) is 0 Å². The summed E-state index contributed by atoms with van der Waals surface area (Å²) in [6.07, 6.45) is 0. The van der Waals surface area contributed by atoms with Gasteiger partial charge in [-0.1, -0.05) is 12.1 Å². The van der Waals surface area contributed by atoms with E-state index in [0.29, 0.717) is 11.1 Å². The van der Waals surface area contributed by atoms with Crippen LogP contribution < -0.4 is 20.1 Å². The molecule has 0 aromatic heterocycles. The van der Waals surface area contributed by atoms with E-state index in [1.807, 2.05) is 0 Å². The number of hydrogen-bond acceptors (Lipinski definition) is 15. The van der Waals surface area contributed by atoms with Crippen molar-refractivity contribution in [1.82, 2.24) is 0 Å². The summed E-state index contributed by atoms with van der Waals surface area (Å²) >= 11 is 0. The van der Waals surface area contributed by atoms with Crippen molar-refractivity contribution in [3.8, 4) is 11.5 Å². The molecule has 6 aromatic rings. The second-order valence-electron chi connectivity index (χ2n) is 13.2. The van der Waals surface area contributed by atoms with Gasteiger partial charge in [-0.3, -0.25) is 18.2 Å². The van der Waals surface area contributed by atoms with Gasteiger partial charge in [-0.2, -0.15) is 43.9 Å². The van der Waals surface area contributed by atoms with Crippen LogP contribution in [0, 0.1) is 13.8 Å². The minimum atomic E-state index is -4.73. The second kappa shape index (κ2) is 16.8. The van der Waals surface area contributed by atoms with Gasteiger partial charge in [0.2, 0.25) is 0 Å². The first-order valence-corrected chi connectivity index (χ1v) is 23.0. The van der Waals surface area contributed by atoms with Crippen molar-refractivity contribution in [1.29, 1.82) is 0 Å². The number of ether oxygens (including phenoxy) is 2.